The van der Waals surface area contributed by atoms with Gasteiger partial charge in [0.2, 0.25) is 0 Å². The van der Waals surface area contributed by atoms with Crippen LogP contribution in [0.25, 0.3) is 0 Å². The normalized spacial score (nSPS) is 17.3. The fraction of sp³-hybridized carbons (Fsp3) is 0.455. The van der Waals surface area contributed by atoms with E-state index in [1.165, 1.54) is 5.69 Å². The van der Waals surface area contributed by atoms with Crippen molar-refractivity contribution < 1.29 is 0 Å². The Labute approximate surface area is 105 Å². The lowest BCUT2D eigenvalue weighted by Crippen LogP contribution is -2.39. The molecule has 1 saturated heterocycles. The first kappa shape index (κ1) is 12.8. The van der Waals surface area contributed by atoms with Crippen LogP contribution in [0.2, 0.25) is 0 Å². The van der Waals surface area contributed by atoms with Crippen molar-refractivity contribution in [3.8, 4) is 0 Å². The summed E-state index contributed by atoms with van der Waals surface area (Å²) in [5, 5.41) is 0. The third-order valence-corrected chi connectivity index (χ3v) is 3.26. The van der Waals surface area contributed by atoms with Crippen LogP contribution in [0.4, 0.5) is 5.69 Å². The second kappa shape index (κ2) is 5.73. The minimum absolute atomic E-state index is 0. The molecule has 1 heterocycles. The lowest BCUT2D eigenvalue weighted by atomic mass is 10.1. The van der Waals surface area contributed by atoms with E-state index < -0.39 is 0 Å². The van der Waals surface area contributed by atoms with Gasteiger partial charge in [-0.3, -0.25) is 0 Å². The van der Waals surface area contributed by atoms with Gasteiger partial charge in [0.1, 0.15) is 0 Å². The average Bonchev–Trinajstić information content (AvgIpc) is 2.21. The van der Waals surface area contributed by atoms with Crippen LogP contribution in [-0.2, 0) is 0 Å². The molecule has 0 saturated carbocycles. The highest BCUT2D eigenvalue weighted by molar-refractivity contribution is 9.10. The number of hydrogen-bond donors (Lipinski definition) is 1. The molecular formula is C11H16BrClN2. The van der Waals surface area contributed by atoms with Crippen molar-refractivity contribution >= 4 is 34.0 Å². The topological polar surface area (TPSA) is 29.3 Å². The molecule has 0 unspecified atom stereocenters. The third-order valence-electron chi connectivity index (χ3n) is 2.73. The van der Waals surface area contributed by atoms with Gasteiger partial charge in [0.05, 0.1) is 0 Å². The van der Waals surface area contributed by atoms with Crippen LogP contribution < -0.4 is 10.6 Å². The summed E-state index contributed by atoms with van der Waals surface area (Å²) in [5.41, 5.74) is 7.17. The Kier molecular flexibility index (Phi) is 4.90. The van der Waals surface area contributed by atoms with Gasteiger partial charge in [-0.15, -0.1) is 12.4 Å². The van der Waals surface area contributed by atoms with Crippen molar-refractivity contribution in [1.29, 1.82) is 0 Å². The molecule has 2 nitrogen and oxygen atoms in total. The largest absolute Gasteiger partial charge is 0.371 e. The predicted octanol–water partition coefficient (Wildman–Crippen LogP) is 2.80. The van der Waals surface area contributed by atoms with Crippen molar-refractivity contribution in [3.63, 3.8) is 0 Å². The summed E-state index contributed by atoms with van der Waals surface area (Å²) >= 11 is 3.44. The van der Waals surface area contributed by atoms with Crippen LogP contribution in [0.15, 0.2) is 28.7 Å². The second-order valence-electron chi connectivity index (χ2n) is 3.80. The van der Waals surface area contributed by atoms with Gasteiger partial charge in [0.15, 0.2) is 0 Å². The minimum Gasteiger partial charge on any atom is -0.371 e. The Morgan fingerprint density at radius 2 is 1.67 bits per heavy atom. The fourth-order valence-corrected chi connectivity index (χ4v) is 2.07. The summed E-state index contributed by atoms with van der Waals surface area (Å²) in [6.45, 7) is 2.17. The van der Waals surface area contributed by atoms with E-state index >= 15 is 0 Å². The fourth-order valence-electron chi connectivity index (χ4n) is 1.81. The van der Waals surface area contributed by atoms with Crippen LogP contribution in [0.3, 0.4) is 0 Å². The second-order valence-corrected chi connectivity index (χ2v) is 4.72. The molecule has 1 aromatic carbocycles. The molecule has 1 aromatic rings. The zero-order valence-electron chi connectivity index (χ0n) is 8.53. The van der Waals surface area contributed by atoms with E-state index in [4.69, 9.17) is 5.73 Å². The standard InChI is InChI=1S/C11H15BrN2.ClH/c12-9-1-3-11(4-2-9)14-7-5-10(13)6-8-14;/h1-4,10H,5-8,13H2;1H. The number of benzene rings is 1. The molecule has 2 rings (SSSR count). The molecule has 0 aliphatic carbocycles. The number of rotatable bonds is 1. The van der Waals surface area contributed by atoms with Gasteiger partial charge in [0, 0.05) is 29.3 Å². The van der Waals surface area contributed by atoms with Crippen molar-refractivity contribution in [3.05, 3.63) is 28.7 Å². The molecule has 0 atom stereocenters. The minimum atomic E-state index is 0. The van der Waals surface area contributed by atoms with Crippen LogP contribution in [0.1, 0.15) is 12.8 Å². The molecule has 1 fully saturated rings. The van der Waals surface area contributed by atoms with Crippen LogP contribution in [0.5, 0.6) is 0 Å². The smallest absolute Gasteiger partial charge is 0.0366 e. The highest BCUT2D eigenvalue weighted by Crippen LogP contribution is 2.21. The zero-order valence-corrected chi connectivity index (χ0v) is 10.9. The number of nitrogens with zero attached hydrogens (tertiary/aromatic N) is 1. The SMILES string of the molecule is Cl.NC1CCN(c2ccc(Br)cc2)CC1. The van der Waals surface area contributed by atoms with Crippen molar-refractivity contribution in [1.82, 2.24) is 0 Å². The molecular weight excluding hydrogens is 275 g/mol. The average molecular weight is 292 g/mol. The van der Waals surface area contributed by atoms with E-state index in [0.717, 1.165) is 30.4 Å². The molecule has 4 heteroatoms. The maximum absolute atomic E-state index is 5.86. The van der Waals surface area contributed by atoms with Gasteiger partial charge in [-0.1, -0.05) is 15.9 Å². The Bertz CT molecular complexity index is 294. The monoisotopic (exact) mass is 290 g/mol. The van der Waals surface area contributed by atoms with E-state index in [1.54, 1.807) is 0 Å². The number of piperidine rings is 1. The maximum Gasteiger partial charge on any atom is 0.0366 e. The van der Waals surface area contributed by atoms with Gasteiger partial charge in [-0.2, -0.15) is 0 Å². The zero-order chi connectivity index (χ0) is 9.97. The van der Waals surface area contributed by atoms with E-state index in [9.17, 15) is 0 Å². The third kappa shape index (κ3) is 3.37. The van der Waals surface area contributed by atoms with Gasteiger partial charge < -0.3 is 10.6 Å². The number of nitrogens with two attached hydrogens (primary N) is 1. The molecule has 0 radical (unpaired) electrons. The molecule has 0 spiro atoms. The highest BCUT2D eigenvalue weighted by atomic mass is 79.9. The van der Waals surface area contributed by atoms with Crippen molar-refractivity contribution in [2.24, 2.45) is 5.73 Å². The summed E-state index contributed by atoms with van der Waals surface area (Å²) in [7, 11) is 0. The molecule has 15 heavy (non-hydrogen) atoms. The first-order valence-electron chi connectivity index (χ1n) is 5.02. The van der Waals surface area contributed by atoms with Crippen LogP contribution in [-0.4, -0.2) is 19.1 Å². The van der Waals surface area contributed by atoms with Crippen LogP contribution in [0, 0.1) is 0 Å². The van der Waals surface area contributed by atoms with E-state index in [0.29, 0.717) is 6.04 Å². The van der Waals surface area contributed by atoms with Crippen molar-refractivity contribution in [2.45, 2.75) is 18.9 Å². The molecule has 84 valence electrons. The van der Waals surface area contributed by atoms with Gasteiger partial charge in [0.25, 0.3) is 0 Å². The molecule has 2 N–H and O–H groups in total. The van der Waals surface area contributed by atoms with Gasteiger partial charge in [-0.25, -0.2) is 0 Å². The van der Waals surface area contributed by atoms with E-state index in [-0.39, 0.29) is 12.4 Å². The quantitative estimate of drug-likeness (QED) is 0.862. The Hall–Kier alpha value is -0.250. The van der Waals surface area contributed by atoms with E-state index in [1.807, 2.05) is 0 Å². The number of hydrogen-bond acceptors (Lipinski definition) is 2. The van der Waals surface area contributed by atoms with Gasteiger partial charge >= 0.3 is 0 Å². The van der Waals surface area contributed by atoms with Crippen molar-refractivity contribution in [2.75, 3.05) is 18.0 Å². The summed E-state index contributed by atoms with van der Waals surface area (Å²) in [4.78, 5) is 2.40. The first-order valence-corrected chi connectivity index (χ1v) is 5.81. The summed E-state index contributed by atoms with van der Waals surface area (Å²) in [6, 6.07) is 8.89. The predicted molar refractivity (Wildman–Crippen MR) is 70.8 cm³/mol. The van der Waals surface area contributed by atoms with Crippen LogP contribution >= 0.6 is 28.3 Å². The molecule has 0 bridgehead atoms. The maximum atomic E-state index is 5.86. The summed E-state index contributed by atoms with van der Waals surface area (Å²) in [5.74, 6) is 0. The lowest BCUT2D eigenvalue weighted by Gasteiger charge is -2.32. The highest BCUT2D eigenvalue weighted by Gasteiger charge is 2.15. The first-order chi connectivity index (χ1) is 6.75. The Balaban J connectivity index is 0.00000112. The Morgan fingerprint density at radius 3 is 2.20 bits per heavy atom. The lowest BCUT2D eigenvalue weighted by molar-refractivity contribution is 0.501. The van der Waals surface area contributed by atoms with Gasteiger partial charge in [-0.05, 0) is 37.1 Å². The Morgan fingerprint density at radius 1 is 1.13 bits per heavy atom. The molecule has 1 aliphatic rings. The number of anilines is 1. The van der Waals surface area contributed by atoms with E-state index in [2.05, 4.69) is 45.1 Å². The number of halogens is 2. The summed E-state index contributed by atoms with van der Waals surface area (Å²) in [6.07, 6.45) is 2.21. The summed E-state index contributed by atoms with van der Waals surface area (Å²) < 4.78 is 1.13. The molecule has 0 amide bonds. The molecule has 0 aromatic heterocycles. The molecule has 1 aliphatic heterocycles.